The Kier molecular flexibility index (Phi) is 16.4. The number of benzene rings is 3. The summed E-state index contributed by atoms with van der Waals surface area (Å²) in [5.74, 6) is 0.907. The van der Waals surface area contributed by atoms with Gasteiger partial charge in [-0.05, 0) is 116 Å². The van der Waals surface area contributed by atoms with Crippen LogP contribution in [0.5, 0.6) is 5.75 Å². The monoisotopic (exact) mass is 1030 g/mol. The lowest BCUT2D eigenvalue weighted by atomic mass is 9.85. The fourth-order valence-electron chi connectivity index (χ4n) is 9.15. The number of unbranched alkanes of at least 4 members (excludes halogenated alkanes) is 1. The number of hydrogen-bond acceptors (Lipinski definition) is 11. The molecule has 8 rings (SSSR count). The van der Waals surface area contributed by atoms with Crippen LogP contribution in [0, 0.1) is 39.0 Å². The zero-order valence-corrected chi connectivity index (χ0v) is 44.5. The first-order valence-corrected chi connectivity index (χ1v) is 26.5. The molecule has 14 nitrogen and oxygen atoms in total. The van der Waals surface area contributed by atoms with E-state index in [0.29, 0.717) is 73.7 Å². The molecule has 1 fully saturated rings. The fourth-order valence-corrected chi connectivity index (χ4v) is 11.4. The maximum Gasteiger partial charge on any atom is 0.246 e. The number of amides is 4. The van der Waals surface area contributed by atoms with E-state index in [0.717, 1.165) is 43.4 Å². The molecule has 0 bridgehead atoms. The van der Waals surface area contributed by atoms with E-state index in [1.54, 1.807) is 33.6 Å². The van der Waals surface area contributed by atoms with Gasteiger partial charge in [0.15, 0.2) is 5.82 Å². The number of fused-ring (bicyclic) bond motifs is 3. The number of nitrogens with zero attached hydrogens (tertiary/aromatic N) is 5. The molecular formula is C55H63ClN8O6S2. The van der Waals surface area contributed by atoms with Crippen LogP contribution in [-0.4, -0.2) is 87.5 Å². The molecule has 3 N–H and O–H groups in total. The van der Waals surface area contributed by atoms with Crippen molar-refractivity contribution < 1.29 is 28.7 Å². The largest absolute Gasteiger partial charge is 0.494 e. The Morgan fingerprint density at radius 1 is 0.903 bits per heavy atom. The molecule has 0 saturated carbocycles. The normalized spacial score (nSPS) is 16.8. The summed E-state index contributed by atoms with van der Waals surface area (Å²) in [5.41, 5.74) is 7.09. The Morgan fingerprint density at radius 2 is 1.64 bits per heavy atom. The zero-order valence-electron chi connectivity index (χ0n) is 42.1. The van der Waals surface area contributed by atoms with Crippen LogP contribution in [0.25, 0.3) is 15.4 Å². The maximum absolute atomic E-state index is 14.2. The molecule has 1 unspecified atom stereocenters. The van der Waals surface area contributed by atoms with Gasteiger partial charge in [-0.15, -0.1) is 32.9 Å². The van der Waals surface area contributed by atoms with Crippen molar-refractivity contribution in [3.8, 4) is 21.2 Å². The molecule has 4 atom stereocenters. The van der Waals surface area contributed by atoms with Crippen molar-refractivity contribution in [2.45, 2.75) is 106 Å². The second kappa shape index (κ2) is 22.7. The van der Waals surface area contributed by atoms with Gasteiger partial charge in [0, 0.05) is 57.4 Å². The van der Waals surface area contributed by atoms with E-state index >= 15 is 0 Å². The predicted octanol–water partition coefficient (Wildman–Crippen LogP) is 10.1. The van der Waals surface area contributed by atoms with Gasteiger partial charge in [-0.1, -0.05) is 81.8 Å². The van der Waals surface area contributed by atoms with Crippen LogP contribution in [-0.2, 0) is 30.5 Å². The van der Waals surface area contributed by atoms with Gasteiger partial charge < -0.3 is 30.3 Å². The summed E-state index contributed by atoms with van der Waals surface area (Å²) in [6.07, 6.45) is 1.85. The minimum absolute atomic E-state index is 0.0305. The highest BCUT2D eigenvalue weighted by atomic mass is 35.5. The molecule has 3 aromatic carbocycles. The smallest absolute Gasteiger partial charge is 0.246 e. The van der Waals surface area contributed by atoms with Gasteiger partial charge in [-0.2, -0.15) is 0 Å². The minimum Gasteiger partial charge on any atom is -0.494 e. The number of thiophene rings is 2. The second-order valence-corrected chi connectivity index (χ2v) is 22.4. The van der Waals surface area contributed by atoms with Gasteiger partial charge >= 0.3 is 0 Å². The Bertz CT molecular complexity index is 2960. The lowest BCUT2D eigenvalue weighted by molar-refractivity contribution is -0.144. The van der Waals surface area contributed by atoms with Crippen LogP contribution >= 0.6 is 34.3 Å². The molecule has 378 valence electrons. The van der Waals surface area contributed by atoms with Crippen LogP contribution in [0.4, 0.5) is 5.69 Å². The standard InChI is InChI=1S/C55H63ClN8O6S2/c1-32-26-44(52(67)57-29-37-14-16-39(17-15-37)49-33(2)22-25-71-49)63(30-32)53(68)50(55(6,7)8)60-46(66)31-69-23-9-10-24-70-42-13-11-12-41(27-42)58-45(65)28-43-51-62-61-36(5)64(51)54-47(34(3)35(4)72-54)48(59-43)38-18-20-40(56)21-19-38/h11-22,25,27,32,43-44,50H,9-10,23-24,26,28-31H2,1-8H3,(H,57,67)(H,58,65)(H,60,66)/t32-,43?,44+,50-/m1/s1. The highest BCUT2D eigenvalue weighted by molar-refractivity contribution is 7.15. The summed E-state index contributed by atoms with van der Waals surface area (Å²) >= 11 is 9.63. The van der Waals surface area contributed by atoms with Crippen molar-refractivity contribution in [2.24, 2.45) is 16.3 Å². The Labute approximate surface area is 434 Å². The lowest BCUT2D eigenvalue weighted by Crippen LogP contribution is -2.58. The van der Waals surface area contributed by atoms with E-state index in [2.05, 4.69) is 70.5 Å². The highest BCUT2D eigenvalue weighted by Gasteiger charge is 2.44. The number of nitrogens with one attached hydrogen (secondary N) is 3. The van der Waals surface area contributed by atoms with Crippen LogP contribution in [0.15, 0.2) is 89.2 Å². The average molecular weight is 1030 g/mol. The molecule has 0 aliphatic carbocycles. The van der Waals surface area contributed by atoms with Gasteiger partial charge in [-0.25, -0.2) is 0 Å². The molecule has 72 heavy (non-hydrogen) atoms. The summed E-state index contributed by atoms with van der Waals surface area (Å²) in [6.45, 7) is 17.2. The van der Waals surface area contributed by atoms with Gasteiger partial charge in [-0.3, -0.25) is 28.7 Å². The maximum atomic E-state index is 14.2. The van der Waals surface area contributed by atoms with Crippen molar-refractivity contribution in [2.75, 3.05) is 31.7 Å². The third-order valence-corrected chi connectivity index (χ3v) is 15.6. The molecule has 5 heterocycles. The van der Waals surface area contributed by atoms with Crippen LogP contribution < -0.4 is 20.7 Å². The zero-order chi connectivity index (χ0) is 51.3. The number of hydrogen-bond donors (Lipinski definition) is 3. The molecule has 2 aliphatic rings. The minimum atomic E-state index is -0.857. The van der Waals surface area contributed by atoms with Crippen LogP contribution in [0.2, 0.25) is 5.02 Å². The first-order valence-electron chi connectivity index (χ1n) is 24.4. The second-order valence-electron chi connectivity index (χ2n) is 19.9. The lowest BCUT2D eigenvalue weighted by Gasteiger charge is -2.35. The van der Waals surface area contributed by atoms with Crippen molar-refractivity contribution in [3.63, 3.8) is 0 Å². The Morgan fingerprint density at radius 3 is 2.36 bits per heavy atom. The van der Waals surface area contributed by atoms with Crippen LogP contribution in [0.3, 0.4) is 0 Å². The molecule has 3 aromatic heterocycles. The summed E-state index contributed by atoms with van der Waals surface area (Å²) in [4.78, 5) is 64.0. The third-order valence-electron chi connectivity index (χ3n) is 13.1. The van der Waals surface area contributed by atoms with Crippen molar-refractivity contribution in [1.82, 2.24) is 30.3 Å². The molecular weight excluding hydrogens is 968 g/mol. The van der Waals surface area contributed by atoms with Crippen molar-refractivity contribution in [3.05, 3.63) is 134 Å². The molecule has 0 spiro atoms. The quantitative estimate of drug-likeness (QED) is 0.0715. The Hall–Kier alpha value is -6.20. The number of likely N-dealkylation sites (tertiary alicyclic amines) is 1. The SMILES string of the molecule is Cc1ccsc1-c1ccc(CNC(=O)[C@@H]2C[C@@H](C)CN2C(=O)[C@@H](NC(=O)COCCCCOc2cccc(NC(=O)CC3N=C(c4ccc(Cl)cc4)c4c(sc(C)c4C)-n4c(C)nnc43)c2)C(C)(C)C)cc1. The number of carbonyl (C=O) groups is 4. The van der Waals surface area contributed by atoms with Crippen LogP contribution in [0.1, 0.15) is 104 Å². The molecule has 1 saturated heterocycles. The number of aromatic nitrogens is 3. The third kappa shape index (κ3) is 12.2. The molecule has 0 radical (unpaired) electrons. The molecule has 4 amide bonds. The molecule has 6 aromatic rings. The van der Waals surface area contributed by atoms with E-state index in [1.165, 1.54) is 10.4 Å². The van der Waals surface area contributed by atoms with Gasteiger partial charge in [0.25, 0.3) is 0 Å². The number of anilines is 1. The van der Waals surface area contributed by atoms with Gasteiger partial charge in [0.05, 0.1) is 18.7 Å². The average Bonchev–Trinajstić information content (AvgIpc) is 4.11. The van der Waals surface area contributed by atoms with Crippen molar-refractivity contribution >= 4 is 69.3 Å². The number of aliphatic imine (C=N–C) groups is 1. The summed E-state index contributed by atoms with van der Waals surface area (Å²) < 4.78 is 13.8. The summed E-state index contributed by atoms with van der Waals surface area (Å²) in [6, 6.07) is 23.0. The number of rotatable bonds is 18. The van der Waals surface area contributed by atoms with E-state index in [-0.39, 0.29) is 36.7 Å². The van der Waals surface area contributed by atoms with Gasteiger partial charge in [0.2, 0.25) is 23.6 Å². The summed E-state index contributed by atoms with van der Waals surface area (Å²) in [5, 5.41) is 21.6. The van der Waals surface area contributed by atoms with Crippen molar-refractivity contribution in [1.29, 1.82) is 0 Å². The highest BCUT2D eigenvalue weighted by Crippen LogP contribution is 2.40. The number of halogens is 1. The van der Waals surface area contributed by atoms with Gasteiger partial charge in [0.1, 0.15) is 41.3 Å². The number of ether oxygens (including phenoxy) is 2. The number of carbonyl (C=O) groups excluding carboxylic acids is 4. The van der Waals surface area contributed by atoms with E-state index in [9.17, 15) is 19.2 Å². The predicted molar refractivity (Wildman–Crippen MR) is 286 cm³/mol. The molecule has 2 aliphatic heterocycles. The first-order chi connectivity index (χ1) is 34.4. The Balaban J connectivity index is 0.786. The van der Waals surface area contributed by atoms with E-state index < -0.39 is 29.4 Å². The number of aryl methyl sites for hydroxylation is 3. The van der Waals surface area contributed by atoms with E-state index in [1.807, 2.05) is 93.8 Å². The topological polar surface area (TPSA) is 169 Å². The fraction of sp³-hybridized carbons (Fsp3) is 0.400. The van der Waals surface area contributed by atoms with E-state index in [4.69, 9.17) is 26.1 Å². The first kappa shape index (κ1) is 52.1. The molecule has 17 heteroatoms. The summed E-state index contributed by atoms with van der Waals surface area (Å²) in [7, 11) is 0.